The van der Waals surface area contributed by atoms with Crippen LogP contribution in [0.2, 0.25) is 0 Å². The Hall–Kier alpha value is -1.42. The summed E-state index contributed by atoms with van der Waals surface area (Å²) in [5.74, 6) is 1.35. The summed E-state index contributed by atoms with van der Waals surface area (Å²) < 4.78 is 5.73. The maximum atomic E-state index is 5.96. The molecule has 0 aliphatic rings. The van der Waals surface area contributed by atoms with Crippen LogP contribution < -0.4 is 15.8 Å². The smallest absolute Gasteiger partial charge is 0.123 e. The predicted molar refractivity (Wildman–Crippen MR) is 87.4 cm³/mol. The molecule has 0 aromatic heterocycles. The van der Waals surface area contributed by atoms with Crippen molar-refractivity contribution in [2.24, 2.45) is 5.92 Å². The molecule has 1 rings (SSSR count). The molecule has 0 bridgehead atoms. The van der Waals surface area contributed by atoms with E-state index in [9.17, 15) is 0 Å². The van der Waals surface area contributed by atoms with Gasteiger partial charge in [0.25, 0.3) is 0 Å². The van der Waals surface area contributed by atoms with E-state index in [1.807, 2.05) is 32.0 Å². The molecule has 20 heavy (non-hydrogen) atoms. The fourth-order valence-electron chi connectivity index (χ4n) is 2.08. The normalized spacial score (nSPS) is 13.1. The van der Waals surface area contributed by atoms with Crippen LogP contribution >= 0.6 is 0 Å². The zero-order valence-electron chi connectivity index (χ0n) is 13.6. The summed E-state index contributed by atoms with van der Waals surface area (Å²) in [6.45, 7) is 9.45. The Morgan fingerprint density at radius 2 is 1.80 bits per heavy atom. The Morgan fingerprint density at radius 1 is 1.15 bits per heavy atom. The Labute approximate surface area is 123 Å². The number of nitrogens with one attached hydrogen (secondary N) is 1. The van der Waals surface area contributed by atoms with E-state index in [2.05, 4.69) is 38.2 Å². The lowest BCUT2D eigenvalue weighted by Crippen LogP contribution is -2.36. The van der Waals surface area contributed by atoms with Crippen LogP contribution in [0.15, 0.2) is 18.2 Å². The van der Waals surface area contributed by atoms with Crippen molar-refractivity contribution in [2.45, 2.75) is 39.8 Å². The van der Waals surface area contributed by atoms with Crippen LogP contribution in [0.1, 0.15) is 27.7 Å². The minimum absolute atomic E-state index is 0.146. The van der Waals surface area contributed by atoms with E-state index in [-0.39, 0.29) is 6.10 Å². The van der Waals surface area contributed by atoms with Gasteiger partial charge in [-0.1, -0.05) is 13.8 Å². The molecule has 1 unspecified atom stereocenters. The summed E-state index contributed by atoms with van der Waals surface area (Å²) in [5.41, 5.74) is 7.69. The monoisotopic (exact) mass is 279 g/mol. The van der Waals surface area contributed by atoms with Crippen LogP contribution in [0.25, 0.3) is 0 Å². The molecule has 1 aromatic rings. The molecule has 1 atom stereocenters. The van der Waals surface area contributed by atoms with Gasteiger partial charge in [-0.25, -0.2) is 0 Å². The first-order chi connectivity index (χ1) is 9.27. The fourth-order valence-corrected chi connectivity index (χ4v) is 2.08. The molecular formula is C16H29N3O. The second-order valence-electron chi connectivity index (χ2n) is 6.21. The lowest BCUT2D eigenvalue weighted by molar-refractivity contribution is 0.242. The summed E-state index contributed by atoms with van der Waals surface area (Å²) >= 11 is 0. The average Bonchev–Trinajstić information content (AvgIpc) is 2.25. The number of rotatable bonds is 7. The number of nitrogens with two attached hydrogens (primary N) is 1. The number of ether oxygens (including phenoxy) is 1. The molecular weight excluding hydrogens is 250 g/mol. The lowest BCUT2D eigenvalue weighted by atomic mass is 10.0. The number of likely N-dealkylation sites (N-methyl/N-ethyl adjacent to an activating group) is 1. The number of nitrogen functional groups attached to an aromatic ring is 1. The van der Waals surface area contributed by atoms with Gasteiger partial charge in [-0.05, 0) is 39.9 Å². The molecule has 0 radical (unpaired) electrons. The molecule has 0 amide bonds. The topological polar surface area (TPSA) is 50.5 Å². The molecule has 0 fully saturated rings. The molecule has 0 aliphatic heterocycles. The molecule has 4 nitrogen and oxygen atoms in total. The van der Waals surface area contributed by atoms with Gasteiger partial charge in [0, 0.05) is 36.1 Å². The van der Waals surface area contributed by atoms with E-state index in [0.717, 1.165) is 23.7 Å². The van der Waals surface area contributed by atoms with Gasteiger partial charge in [-0.15, -0.1) is 0 Å². The maximum absolute atomic E-state index is 5.96. The Kier molecular flexibility index (Phi) is 6.14. The zero-order chi connectivity index (χ0) is 15.3. The SMILES string of the molecule is CC(C)Oc1cc(N)cc(NC(CN(C)C)C(C)C)c1. The van der Waals surface area contributed by atoms with E-state index in [4.69, 9.17) is 10.5 Å². The Balaban J connectivity index is 2.86. The summed E-state index contributed by atoms with van der Waals surface area (Å²) in [4.78, 5) is 2.19. The van der Waals surface area contributed by atoms with E-state index >= 15 is 0 Å². The van der Waals surface area contributed by atoms with E-state index in [1.165, 1.54) is 0 Å². The maximum Gasteiger partial charge on any atom is 0.123 e. The first kappa shape index (κ1) is 16.6. The quantitative estimate of drug-likeness (QED) is 0.753. The Morgan fingerprint density at radius 3 is 2.30 bits per heavy atom. The number of hydrogen-bond acceptors (Lipinski definition) is 4. The van der Waals surface area contributed by atoms with Gasteiger partial charge in [0.05, 0.1) is 6.10 Å². The highest BCUT2D eigenvalue weighted by Gasteiger charge is 2.15. The van der Waals surface area contributed by atoms with Crippen LogP contribution in [0.5, 0.6) is 5.75 Å². The van der Waals surface area contributed by atoms with Gasteiger partial charge in [-0.2, -0.15) is 0 Å². The van der Waals surface area contributed by atoms with E-state index in [0.29, 0.717) is 12.0 Å². The zero-order valence-corrected chi connectivity index (χ0v) is 13.6. The first-order valence-corrected chi connectivity index (χ1v) is 7.26. The highest BCUT2D eigenvalue weighted by molar-refractivity contribution is 5.59. The number of benzene rings is 1. The second-order valence-corrected chi connectivity index (χ2v) is 6.21. The molecule has 114 valence electrons. The van der Waals surface area contributed by atoms with Gasteiger partial charge in [0.2, 0.25) is 0 Å². The molecule has 0 saturated heterocycles. The first-order valence-electron chi connectivity index (χ1n) is 7.26. The summed E-state index contributed by atoms with van der Waals surface area (Å²) in [5, 5.41) is 3.56. The third-order valence-corrected chi connectivity index (χ3v) is 3.02. The third kappa shape index (κ3) is 5.70. The van der Waals surface area contributed by atoms with E-state index < -0.39 is 0 Å². The van der Waals surface area contributed by atoms with Crippen LogP contribution in [-0.2, 0) is 0 Å². The van der Waals surface area contributed by atoms with Gasteiger partial charge in [0.1, 0.15) is 5.75 Å². The summed E-state index contributed by atoms with van der Waals surface area (Å²) in [6, 6.07) is 6.21. The number of hydrogen-bond donors (Lipinski definition) is 2. The van der Waals surface area contributed by atoms with Crippen molar-refractivity contribution in [3.63, 3.8) is 0 Å². The van der Waals surface area contributed by atoms with Gasteiger partial charge in [0.15, 0.2) is 0 Å². The molecule has 0 spiro atoms. The van der Waals surface area contributed by atoms with Crippen molar-refractivity contribution in [2.75, 3.05) is 31.7 Å². The molecule has 0 aliphatic carbocycles. The minimum Gasteiger partial charge on any atom is -0.491 e. The van der Waals surface area contributed by atoms with Gasteiger partial charge in [-0.3, -0.25) is 0 Å². The van der Waals surface area contributed by atoms with E-state index in [1.54, 1.807) is 0 Å². The van der Waals surface area contributed by atoms with Crippen LogP contribution in [-0.4, -0.2) is 37.7 Å². The van der Waals surface area contributed by atoms with Crippen LogP contribution in [0, 0.1) is 5.92 Å². The second kappa shape index (κ2) is 7.39. The van der Waals surface area contributed by atoms with Gasteiger partial charge >= 0.3 is 0 Å². The van der Waals surface area contributed by atoms with Crippen molar-refractivity contribution in [1.29, 1.82) is 0 Å². The molecule has 1 aromatic carbocycles. The average molecular weight is 279 g/mol. The summed E-state index contributed by atoms with van der Waals surface area (Å²) in [7, 11) is 4.17. The highest BCUT2D eigenvalue weighted by Crippen LogP contribution is 2.25. The molecule has 4 heteroatoms. The van der Waals surface area contributed by atoms with Crippen molar-refractivity contribution >= 4 is 11.4 Å². The molecule has 0 saturated carbocycles. The molecule has 0 heterocycles. The Bertz CT molecular complexity index is 416. The standard InChI is InChI=1S/C16H29N3O/c1-11(2)16(10-19(5)6)18-14-7-13(17)8-15(9-14)20-12(3)4/h7-9,11-12,16,18H,10,17H2,1-6H3. The number of nitrogens with zero attached hydrogens (tertiary/aromatic N) is 1. The highest BCUT2D eigenvalue weighted by atomic mass is 16.5. The lowest BCUT2D eigenvalue weighted by Gasteiger charge is -2.27. The fraction of sp³-hybridized carbons (Fsp3) is 0.625. The minimum atomic E-state index is 0.146. The van der Waals surface area contributed by atoms with Crippen molar-refractivity contribution in [1.82, 2.24) is 4.90 Å². The van der Waals surface area contributed by atoms with Crippen molar-refractivity contribution in [3.05, 3.63) is 18.2 Å². The van der Waals surface area contributed by atoms with Crippen LogP contribution in [0.3, 0.4) is 0 Å². The van der Waals surface area contributed by atoms with Crippen LogP contribution in [0.4, 0.5) is 11.4 Å². The third-order valence-electron chi connectivity index (χ3n) is 3.02. The predicted octanol–water partition coefficient (Wildman–Crippen LogP) is 3.05. The number of anilines is 2. The van der Waals surface area contributed by atoms with Crippen molar-refractivity contribution < 1.29 is 4.74 Å². The largest absolute Gasteiger partial charge is 0.491 e. The summed E-state index contributed by atoms with van der Waals surface area (Å²) in [6.07, 6.45) is 0.146. The van der Waals surface area contributed by atoms with Gasteiger partial charge < -0.3 is 20.7 Å². The van der Waals surface area contributed by atoms with Crippen molar-refractivity contribution in [3.8, 4) is 5.75 Å². The molecule has 3 N–H and O–H groups in total.